The smallest absolute Gasteiger partial charge is 0.355 e. The van der Waals surface area contributed by atoms with E-state index in [9.17, 15) is 19.7 Å². The highest BCUT2D eigenvalue weighted by atomic mass is 16.6. The van der Waals surface area contributed by atoms with E-state index >= 15 is 0 Å². The molecule has 0 unspecified atom stereocenters. The Morgan fingerprint density at radius 1 is 1.23 bits per heavy atom. The Hall–Kier alpha value is -3.96. The number of methoxy groups -OCH3 is 1. The van der Waals surface area contributed by atoms with Crippen molar-refractivity contribution < 1.29 is 24.4 Å². The number of piperidine rings is 1. The van der Waals surface area contributed by atoms with Crippen molar-refractivity contribution in [1.82, 2.24) is 15.4 Å². The maximum Gasteiger partial charge on any atom is 0.355 e. The van der Waals surface area contributed by atoms with Gasteiger partial charge >= 0.3 is 11.7 Å². The molecule has 0 spiro atoms. The standard InChI is InChI=1S/C18H20N6O6/c1-30-13-4-2-11(3-5-13)17(25)22-21-15-14(24(28)29)16(20-10-19-15)23-8-6-12(7-9-23)18(26)27/h2-5,10,12H,6-9H2,1H3,(H,22,25)(H,26,27)(H,19,20,21). The number of hydrogen-bond acceptors (Lipinski definition) is 9. The number of nitrogens with zero attached hydrogens (tertiary/aromatic N) is 4. The van der Waals surface area contributed by atoms with Gasteiger partial charge in [0.1, 0.15) is 12.1 Å². The summed E-state index contributed by atoms with van der Waals surface area (Å²) in [6.45, 7) is 0.624. The minimum atomic E-state index is -0.879. The molecule has 2 aromatic rings. The Kier molecular flexibility index (Phi) is 6.25. The van der Waals surface area contributed by atoms with Gasteiger partial charge in [-0.1, -0.05) is 0 Å². The molecule has 158 valence electrons. The average Bonchev–Trinajstić information content (AvgIpc) is 2.77. The minimum absolute atomic E-state index is 0.0695. The summed E-state index contributed by atoms with van der Waals surface area (Å²) in [5.41, 5.74) is 4.78. The Morgan fingerprint density at radius 3 is 2.47 bits per heavy atom. The molecule has 0 aliphatic carbocycles. The van der Waals surface area contributed by atoms with Gasteiger partial charge in [-0.15, -0.1) is 0 Å². The second-order valence-corrected chi connectivity index (χ2v) is 6.56. The van der Waals surface area contributed by atoms with Crippen molar-refractivity contribution in [3.8, 4) is 5.75 Å². The number of nitrogens with one attached hydrogen (secondary N) is 2. The molecule has 0 saturated carbocycles. The van der Waals surface area contributed by atoms with Crippen LogP contribution in [-0.2, 0) is 4.79 Å². The molecule has 0 atom stereocenters. The number of rotatable bonds is 7. The minimum Gasteiger partial charge on any atom is -0.497 e. The second kappa shape index (κ2) is 9.03. The van der Waals surface area contributed by atoms with Crippen LogP contribution in [0.1, 0.15) is 23.2 Å². The number of carbonyl (C=O) groups is 2. The highest BCUT2D eigenvalue weighted by Gasteiger charge is 2.31. The first kappa shape index (κ1) is 20.8. The Morgan fingerprint density at radius 2 is 1.90 bits per heavy atom. The number of aromatic nitrogens is 2. The third kappa shape index (κ3) is 4.54. The van der Waals surface area contributed by atoms with Crippen molar-refractivity contribution in [3.05, 3.63) is 46.3 Å². The summed E-state index contributed by atoms with van der Waals surface area (Å²) in [6, 6.07) is 6.31. The van der Waals surface area contributed by atoms with Gasteiger partial charge < -0.3 is 14.7 Å². The summed E-state index contributed by atoms with van der Waals surface area (Å²) in [4.78, 5) is 44.0. The quantitative estimate of drug-likeness (QED) is 0.445. The van der Waals surface area contributed by atoms with E-state index in [2.05, 4.69) is 20.8 Å². The normalized spacial score (nSPS) is 14.1. The fraction of sp³-hybridized carbons (Fsp3) is 0.333. The zero-order valence-electron chi connectivity index (χ0n) is 16.1. The van der Waals surface area contributed by atoms with Crippen LogP contribution in [0, 0.1) is 16.0 Å². The van der Waals surface area contributed by atoms with Crippen molar-refractivity contribution in [2.24, 2.45) is 5.92 Å². The molecule has 0 radical (unpaired) electrons. The van der Waals surface area contributed by atoms with Crippen molar-refractivity contribution >= 4 is 29.2 Å². The Bertz CT molecular complexity index is 943. The van der Waals surface area contributed by atoms with Crippen LogP contribution in [0.5, 0.6) is 5.75 Å². The van der Waals surface area contributed by atoms with E-state index < -0.39 is 28.4 Å². The van der Waals surface area contributed by atoms with Crippen molar-refractivity contribution in [2.45, 2.75) is 12.8 Å². The van der Waals surface area contributed by atoms with Gasteiger partial charge in [0.05, 0.1) is 18.0 Å². The fourth-order valence-corrected chi connectivity index (χ4v) is 3.13. The molecule has 0 bridgehead atoms. The number of carboxylic acids is 1. The molecule has 2 heterocycles. The van der Waals surface area contributed by atoms with E-state index in [4.69, 9.17) is 9.84 Å². The maximum absolute atomic E-state index is 12.3. The number of carboxylic acid groups (broad SMARTS) is 1. The number of benzene rings is 1. The average molecular weight is 416 g/mol. The van der Waals surface area contributed by atoms with E-state index in [0.29, 0.717) is 37.2 Å². The largest absolute Gasteiger partial charge is 0.497 e. The zero-order valence-corrected chi connectivity index (χ0v) is 16.1. The zero-order chi connectivity index (χ0) is 21.7. The lowest BCUT2D eigenvalue weighted by Gasteiger charge is -2.30. The number of carbonyl (C=O) groups excluding carboxylic acids is 1. The highest BCUT2D eigenvalue weighted by Crippen LogP contribution is 2.33. The summed E-state index contributed by atoms with van der Waals surface area (Å²) in [5, 5.41) is 20.8. The van der Waals surface area contributed by atoms with Gasteiger partial charge in [-0.3, -0.25) is 30.6 Å². The predicted octanol–water partition coefficient (Wildman–Crippen LogP) is 1.45. The Balaban J connectivity index is 1.75. The van der Waals surface area contributed by atoms with E-state index in [-0.39, 0.29) is 11.6 Å². The topological polar surface area (TPSA) is 160 Å². The summed E-state index contributed by atoms with van der Waals surface area (Å²) in [5.74, 6) is -1.40. The number of ether oxygens (including phenoxy) is 1. The molecular formula is C18H20N6O6. The van der Waals surface area contributed by atoms with Crippen LogP contribution in [0.2, 0.25) is 0 Å². The first-order valence-corrected chi connectivity index (χ1v) is 9.08. The molecule has 1 aliphatic heterocycles. The number of hydrogen-bond donors (Lipinski definition) is 3. The van der Waals surface area contributed by atoms with Gasteiger partial charge in [0, 0.05) is 18.7 Å². The SMILES string of the molecule is COc1ccc(C(=O)NNc2ncnc(N3CCC(C(=O)O)CC3)c2[N+](=O)[O-])cc1. The predicted molar refractivity (Wildman–Crippen MR) is 105 cm³/mol. The van der Waals surface area contributed by atoms with E-state index in [1.54, 1.807) is 29.2 Å². The van der Waals surface area contributed by atoms with Crippen LogP contribution in [0.15, 0.2) is 30.6 Å². The van der Waals surface area contributed by atoms with Crippen molar-refractivity contribution in [3.63, 3.8) is 0 Å². The molecule has 3 rings (SSSR count). The van der Waals surface area contributed by atoms with Gasteiger partial charge in [0.25, 0.3) is 5.91 Å². The summed E-state index contributed by atoms with van der Waals surface area (Å²) < 4.78 is 5.03. The number of nitro groups is 1. The van der Waals surface area contributed by atoms with Crippen molar-refractivity contribution in [1.29, 1.82) is 0 Å². The first-order valence-electron chi connectivity index (χ1n) is 9.08. The van der Waals surface area contributed by atoms with Crippen LogP contribution < -0.4 is 20.5 Å². The summed E-state index contributed by atoms with van der Waals surface area (Å²) in [7, 11) is 1.51. The number of hydrazine groups is 1. The molecule has 1 saturated heterocycles. The molecule has 1 aromatic heterocycles. The maximum atomic E-state index is 12.3. The molecule has 12 nitrogen and oxygen atoms in total. The van der Waals surface area contributed by atoms with Gasteiger partial charge in [-0.05, 0) is 37.1 Å². The molecule has 3 N–H and O–H groups in total. The first-order chi connectivity index (χ1) is 14.4. The fourth-order valence-electron chi connectivity index (χ4n) is 3.13. The third-order valence-corrected chi connectivity index (χ3v) is 4.78. The highest BCUT2D eigenvalue weighted by molar-refractivity contribution is 5.95. The molecule has 1 aromatic carbocycles. The lowest BCUT2D eigenvalue weighted by atomic mass is 9.97. The Labute approximate surface area is 171 Å². The lowest BCUT2D eigenvalue weighted by molar-refractivity contribution is -0.383. The van der Waals surface area contributed by atoms with Gasteiger partial charge in [0.2, 0.25) is 11.6 Å². The number of anilines is 2. The molecule has 30 heavy (non-hydrogen) atoms. The third-order valence-electron chi connectivity index (χ3n) is 4.78. The second-order valence-electron chi connectivity index (χ2n) is 6.56. The summed E-state index contributed by atoms with van der Waals surface area (Å²) in [6.07, 6.45) is 1.86. The van der Waals surface area contributed by atoms with Crippen LogP contribution in [-0.4, -0.2) is 52.1 Å². The molecule has 1 aliphatic rings. The number of amides is 1. The molecule has 1 fully saturated rings. The van der Waals surface area contributed by atoms with Gasteiger partial charge in [-0.2, -0.15) is 0 Å². The molecule has 12 heteroatoms. The lowest BCUT2D eigenvalue weighted by Crippen LogP contribution is -2.37. The van der Waals surface area contributed by atoms with Crippen LogP contribution >= 0.6 is 0 Å². The van der Waals surface area contributed by atoms with Crippen LogP contribution in [0.3, 0.4) is 0 Å². The summed E-state index contributed by atoms with van der Waals surface area (Å²) >= 11 is 0. The molecule has 1 amide bonds. The van der Waals surface area contributed by atoms with E-state index in [1.807, 2.05) is 0 Å². The van der Waals surface area contributed by atoms with Crippen LogP contribution in [0.4, 0.5) is 17.3 Å². The number of aliphatic carboxylic acids is 1. The van der Waals surface area contributed by atoms with Gasteiger partial charge in [0.15, 0.2) is 0 Å². The van der Waals surface area contributed by atoms with Gasteiger partial charge in [-0.25, -0.2) is 9.97 Å². The van der Waals surface area contributed by atoms with E-state index in [0.717, 1.165) is 6.33 Å². The van der Waals surface area contributed by atoms with Crippen LogP contribution in [0.25, 0.3) is 0 Å². The monoisotopic (exact) mass is 416 g/mol. The van der Waals surface area contributed by atoms with E-state index in [1.165, 1.54) is 7.11 Å². The van der Waals surface area contributed by atoms with Crippen molar-refractivity contribution in [2.75, 3.05) is 30.5 Å². The molecular weight excluding hydrogens is 396 g/mol.